The van der Waals surface area contributed by atoms with E-state index in [0.717, 1.165) is 24.9 Å². The van der Waals surface area contributed by atoms with Gasteiger partial charge >= 0.3 is 16.5 Å². The number of rotatable bonds is 8. The third kappa shape index (κ3) is 6.40. The van der Waals surface area contributed by atoms with Gasteiger partial charge in [-0.05, 0) is 36.9 Å². The summed E-state index contributed by atoms with van der Waals surface area (Å²) in [6.07, 6.45) is 1.71. The first kappa shape index (κ1) is 25.3. The smallest absolute Gasteiger partial charge is 0.861 e. The van der Waals surface area contributed by atoms with Gasteiger partial charge in [-0.1, -0.05) is 78.9 Å². The van der Waals surface area contributed by atoms with E-state index in [4.69, 9.17) is 0 Å². The molecule has 1 atom stereocenters. The van der Waals surface area contributed by atoms with Crippen molar-refractivity contribution in [2.75, 3.05) is 13.1 Å². The fourth-order valence-corrected chi connectivity index (χ4v) is 4.15. The Morgan fingerprint density at radius 1 is 0.912 bits per heavy atom. The van der Waals surface area contributed by atoms with Crippen LogP contribution in [0.1, 0.15) is 29.5 Å². The van der Waals surface area contributed by atoms with Gasteiger partial charge in [-0.25, -0.2) is 0 Å². The maximum atomic E-state index is 13.2. The molecule has 7 heteroatoms. The number of carboxylic acid groups (broad SMARTS) is 1. The molecule has 4 rings (SSSR count). The minimum atomic E-state index is -1.27. The second kappa shape index (κ2) is 12.3. The van der Waals surface area contributed by atoms with Crippen LogP contribution in [-0.2, 0) is 27.8 Å². The Bertz CT molecular complexity index is 1150. The molecule has 0 spiro atoms. The van der Waals surface area contributed by atoms with Gasteiger partial charge in [0.05, 0.1) is 23.9 Å². The molecular formula is C27H25N3NiO3. The molecule has 0 saturated carbocycles. The predicted molar refractivity (Wildman–Crippen MR) is 125 cm³/mol. The molecule has 176 valence electrons. The molecule has 0 radical (unpaired) electrons. The van der Waals surface area contributed by atoms with Crippen LogP contribution in [0.2, 0.25) is 0 Å². The van der Waals surface area contributed by atoms with Gasteiger partial charge in [0.2, 0.25) is 0 Å². The summed E-state index contributed by atoms with van der Waals surface area (Å²) < 4.78 is 0. The molecule has 1 aliphatic rings. The van der Waals surface area contributed by atoms with Crippen LogP contribution in [0.3, 0.4) is 0 Å². The number of carbonyl (C=O) groups excluding carboxylic acids is 1. The number of carboxylic acids is 1. The van der Waals surface area contributed by atoms with E-state index >= 15 is 0 Å². The van der Waals surface area contributed by atoms with Crippen molar-refractivity contribution in [3.8, 4) is 0 Å². The first-order chi connectivity index (χ1) is 16.1. The molecule has 0 aliphatic carbocycles. The molecule has 0 bridgehead atoms. The molecule has 3 aromatic carbocycles. The van der Waals surface area contributed by atoms with Crippen LogP contribution < -0.4 is 10.2 Å². The average molecular weight is 498 g/mol. The summed E-state index contributed by atoms with van der Waals surface area (Å²) in [6, 6.07) is 26.3. The van der Waals surface area contributed by atoms with Crippen LogP contribution in [0.25, 0.3) is 0 Å². The summed E-state index contributed by atoms with van der Waals surface area (Å²) in [5.41, 5.74) is 3.49. The number of likely N-dealkylation sites (tertiary alicyclic amines) is 1. The number of aliphatic imine (C=N–C) groups is 2. The number of benzene rings is 3. The Balaban J connectivity index is 0.00000324. The fraction of sp³-hybridized carbons (Fsp3) is 0.222. The van der Waals surface area contributed by atoms with Gasteiger partial charge in [-0.2, -0.15) is 0 Å². The summed E-state index contributed by atoms with van der Waals surface area (Å²) in [4.78, 5) is 22.0. The second-order valence-corrected chi connectivity index (χ2v) is 7.98. The summed E-state index contributed by atoms with van der Waals surface area (Å²) in [6.45, 7) is 1.08. The molecule has 1 fully saturated rings. The first-order valence-electron chi connectivity index (χ1n) is 11.0. The topological polar surface area (TPSA) is 91.1 Å². The monoisotopic (exact) mass is 497 g/mol. The molecule has 0 N–H and O–H groups in total. The van der Waals surface area contributed by atoms with Gasteiger partial charge < -0.3 is 15.0 Å². The van der Waals surface area contributed by atoms with Crippen molar-refractivity contribution in [2.24, 2.45) is 9.98 Å². The second-order valence-electron chi connectivity index (χ2n) is 7.98. The van der Waals surface area contributed by atoms with E-state index < -0.39 is 12.5 Å². The van der Waals surface area contributed by atoms with Gasteiger partial charge in [0.15, 0.2) is 0 Å². The van der Waals surface area contributed by atoms with E-state index in [0.29, 0.717) is 23.5 Å². The van der Waals surface area contributed by atoms with Gasteiger partial charge in [0.25, 0.3) is 0 Å². The SMILES string of the molecule is O=C([O-])CN=C(c1ccccc1)c1ccccc1N=C([O-])[C@H]1CCCN1Cc1ccccc1.[Ni+2]. The minimum Gasteiger partial charge on any atom is -0.861 e. The summed E-state index contributed by atoms with van der Waals surface area (Å²) in [5.74, 6) is -1.46. The fourth-order valence-electron chi connectivity index (χ4n) is 4.15. The van der Waals surface area contributed by atoms with Crippen molar-refractivity contribution < 1.29 is 31.5 Å². The van der Waals surface area contributed by atoms with E-state index in [-0.39, 0.29) is 28.4 Å². The Kier molecular flexibility index (Phi) is 9.14. The van der Waals surface area contributed by atoms with Crippen molar-refractivity contribution >= 4 is 23.3 Å². The van der Waals surface area contributed by atoms with E-state index in [1.54, 1.807) is 6.07 Å². The van der Waals surface area contributed by atoms with E-state index in [2.05, 4.69) is 27.0 Å². The maximum absolute atomic E-state index is 13.2. The Morgan fingerprint density at radius 3 is 2.26 bits per heavy atom. The van der Waals surface area contributed by atoms with Crippen molar-refractivity contribution in [1.82, 2.24) is 4.90 Å². The van der Waals surface area contributed by atoms with Crippen molar-refractivity contribution in [1.29, 1.82) is 0 Å². The van der Waals surface area contributed by atoms with Gasteiger partial charge in [0, 0.05) is 23.7 Å². The van der Waals surface area contributed by atoms with Gasteiger partial charge in [-0.15, -0.1) is 0 Å². The zero-order valence-electron chi connectivity index (χ0n) is 18.6. The Hall–Kier alpha value is -3.28. The minimum absolute atomic E-state index is 0. The molecule has 1 saturated heterocycles. The molecule has 1 aliphatic heterocycles. The molecule has 0 unspecified atom stereocenters. The average Bonchev–Trinajstić information content (AvgIpc) is 3.29. The molecule has 3 aromatic rings. The molecular weight excluding hydrogens is 473 g/mol. The van der Waals surface area contributed by atoms with Crippen molar-refractivity contribution in [2.45, 2.75) is 25.4 Å². The number of hydrogen-bond donors (Lipinski definition) is 0. The standard InChI is InChI=1S/C27H27N3O3.Ni/c31-25(32)18-28-26(21-12-5-2-6-13-21)22-14-7-8-15-23(22)29-27(33)24-16-9-17-30(24)19-20-10-3-1-4-11-20;/h1-8,10-15,24H,9,16-19H2,(H,29,33)(H,31,32);/q;+2/p-2/t24-;/m1./s1. The van der Waals surface area contributed by atoms with E-state index in [1.165, 1.54) is 5.56 Å². The van der Waals surface area contributed by atoms with Crippen LogP contribution in [-0.4, -0.2) is 41.6 Å². The number of nitrogens with zero attached hydrogens (tertiary/aromatic N) is 3. The zero-order chi connectivity index (χ0) is 23.0. The zero-order valence-corrected chi connectivity index (χ0v) is 19.6. The van der Waals surface area contributed by atoms with Crippen molar-refractivity contribution in [3.63, 3.8) is 0 Å². The van der Waals surface area contributed by atoms with Gasteiger partial charge in [0.1, 0.15) is 0 Å². The van der Waals surface area contributed by atoms with Crippen LogP contribution in [0.5, 0.6) is 0 Å². The van der Waals surface area contributed by atoms with Crippen LogP contribution in [0.4, 0.5) is 5.69 Å². The summed E-state index contributed by atoms with van der Waals surface area (Å²) >= 11 is 0. The van der Waals surface area contributed by atoms with E-state index in [1.807, 2.05) is 66.7 Å². The number of hydrogen-bond acceptors (Lipinski definition) is 6. The Labute approximate surface area is 209 Å². The largest absolute Gasteiger partial charge is 2.00 e. The third-order valence-electron chi connectivity index (χ3n) is 5.68. The van der Waals surface area contributed by atoms with Crippen molar-refractivity contribution in [3.05, 3.63) is 102 Å². The third-order valence-corrected chi connectivity index (χ3v) is 5.68. The van der Waals surface area contributed by atoms with Gasteiger partial charge in [-0.3, -0.25) is 14.9 Å². The van der Waals surface area contributed by atoms with Crippen LogP contribution in [0.15, 0.2) is 94.9 Å². The van der Waals surface area contributed by atoms with Crippen LogP contribution >= 0.6 is 0 Å². The number of aliphatic carboxylic acids is 1. The number of carbonyl (C=O) groups is 1. The quantitative estimate of drug-likeness (QED) is 0.271. The number of para-hydroxylation sites is 1. The van der Waals surface area contributed by atoms with Crippen LogP contribution in [0, 0.1) is 0 Å². The summed E-state index contributed by atoms with van der Waals surface area (Å²) in [7, 11) is 0. The Morgan fingerprint density at radius 2 is 1.56 bits per heavy atom. The molecule has 0 aromatic heterocycles. The first-order valence-corrected chi connectivity index (χ1v) is 11.0. The molecule has 6 nitrogen and oxygen atoms in total. The molecule has 1 heterocycles. The van der Waals surface area contributed by atoms with E-state index in [9.17, 15) is 15.0 Å². The summed E-state index contributed by atoms with van der Waals surface area (Å²) in [5, 5.41) is 24.3. The maximum Gasteiger partial charge on any atom is 2.00 e. The predicted octanol–water partition coefficient (Wildman–Crippen LogP) is 2.33. The molecule has 34 heavy (non-hydrogen) atoms. The molecule has 0 amide bonds. The normalized spacial score (nSPS) is 16.8.